The van der Waals surface area contributed by atoms with Crippen molar-refractivity contribution in [3.63, 3.8) is 0 Å². The summed E-state index contributed by atoms with van der Waals surface area (Å²) in [6.45, 7) is -0.918. The highest BCUT2D eigenvalue weighted by molar-refractivity contribution is 5.86. The van der Waals surface area contributed by atoms with Crippen LogP contribution in [0.15, 0.2) is 18.2 Å². The summed E-state index contributed by atoms with van der Waals surface area (Å²) in [4.78, 5) is 14.2. The van der Waals surface area contributed by atoms with Crippen LogP contribution in [0, 0.1) is 0 Å². The number of halogens is 3. The zero-order valence-electron chi connectivity index (χ0n) is 13.7. The van der Waals surface area contributed by atoms with E-state index in [0.717, 1.165) is 10.9 Å². The number of benzene rings is 1. The number of nitrogens with one attached hydrogen (secondary N) is 2. The number of carbonyl (C=O) groups is 1. The Bertz CT molecular complexity index is 835. The number of fused-ring (bicyclic) bond motifs is 3. The molecule has 3 rings (SSSR count). The van der Waals surface area contributed by atoms with Crippen molar-refractivity contribution in [2.24, 2.45) is 0 Å². The molecule has 26 heavy (non-hydrogen) atoms. The summed E-state index contributed by atoms with van der Waals surface area (Å²) in [5.41, 5.74) is 1.75. The van der Waals surface area contributed by atoms with Crippen LogP contribution in [0.3, 0.4) is 0 Å². The SMILES string of the molecule is COc1ccc2[nH]c3c(c2c1)CCN[C@@H]3[C@@](O)(CO)OC(=O)C(F)(F)F. The zero-order valence-corrected chi connectivity index (χ0v) is 13.7. The first-order valence-corrected chi connectivity index (χ1v) is 7.75. The summed E-state index contributed by atoms with van der Waals surface area (Å²) >= 11 is 0. The third kappa shape index (κ3) is 3.11. The fourth-order valence-corrected chi connectivity index (χ4v) is 3.12. The molecule has 0 fully saturated rings. The van der Waals surface area contributed by atoms with E-state index in [-0.39, 0.29) is 0 Å². The van der Waals surface area contributed by atoms with E-state index in [4.69, 9.17) is 4.74 Å². The number of hydrogen-bond acceptors (Lipinski definition) is 6. The standard InChI is InChI=1S/C16H17F3N2O5/c1-25-8-2-3-11-10(6-8)9-4-5-20-13(12(9)21-11)15(24,7-22)26-14(23)16(17,18)19/h2-3,6,13,20-22,24H,4-5,7H2,1H3/t13-,15+/m0/s1. The van der Waals surface area contributed by atoms with E-state index in [1.165, 1.54) is 7.11 Å². The van der Waals surface area contributed by atoms with Crippen LogP contribution >= 0.6 is 0 Å². The summed E-state index contributed by atoms with van der Waals surface area (Å²) in [7, 11) is 1.51. The van der Waals surface area contributed by atoms with Gasteiger partial charge >= 0.3 is 12.1 Å². The van der Waals surface area contributed by atoms with E-state index in [9.17, 15) is 28.2 Å². The molecule has 10 heteroatoms. The molecule has 1 aromatic carbocycles. The molecule has 4 N–H and O–H groups in total. The monoisotopic (exact) mass is 374 g/mol. The van der Waals surface area contributed by atoms with Gasteiger partial charge in [0.1, 0.15) is 18.4 Å². The van der Waals surface area contributed by atoms with Crippen molar-refractivity contribution >= 4 is 16.9 Å². The van der Waals surface area contributed by atoms with Crippen LogP contribution in [0.4, 0.5) is 13.2 Å². The fraction of sp³-hybridized carbons (Fsp3) is 0.438. The van der Waals surface area contributed by atoms with Crippen molar-refractivity contribution < 1.29 is 37.7 Å². The van der Waals surface area contributed by atoms with Gasteiger partial charge in [0.2, 0.25) is 0 Å². The van der Waals surface area contributed by atoms with E-state index in [1.54, 1.807) is 18.2 Å². The molecule has 142 valence electrons. The molecule has 2 aromatic rings. The first-order valence-electron chi connectivity index (χ1n) is 7.75. The number of carbonyl (C=O) groups excluding carboxylic acids is 1. The predicted octanol–water partition coefficient (Wildman–Crippen LogP) is 1.15. The maximum Gasteiger partial charge on any atom is 0.491 e. The number of alkyl halides is 3. The van der Waals surface area contributed by atoms with Crippen LogP contribution in [0.25, 0.3) is 10.9 Å². The Hall–Kier alpha value is -2.30. The largest absolute Gasteiger partial charge is 0.497 e. The molecule has 7 nitrogen and oxygen atoms in total. The van der Waals surface area contributed by atoms with Gasteiger partial charge in [-0.1, -0.05) is 0 Å². The lowest BCUT2D eigenvalue weighted by Gasteiger charge is -2.36. The molecule has 0 radical (unpaired) electrons. The van der Waals surface area contributed by atoms with Crippen molar-refractivity contribution in [2.75, 3.05) is 20.3 Å². The number of aromatic nitrogens is 1. The van der Waals surface area contributed by atoms with Crippen LogP contribution in [0.5, 0.6) is 5.75 Å². The van der Waals surface area contributed by atoms with Crippen LogP contribution in [0.1, 0.15) is 17.3 Å². The molecule has 0 saturated heterocycles. The average Bonchev–Trinajstić information content (AvgIpc) is 2.98. The minimum absolute atomic E-state index is 0.299. The van der Waals surface area contributed by atoms with Gasteiger partial charge < -0.3 is 30.0 Å². The number of aromatic amines is 1. The molecule has 1 aromatic heterocycles. The quantitative estimate of drug-likeness (QED) is 0.473. The molecular formula is C16H17F3N2O5. The number of aliphatic hydroxyl groups excluding tert-OH is 1. The van der Waals surface area contributed by atoms with Gasteiger partial charge in [-0.2, -0.15) is 13.2 Å². The molecule has 0 spiro atoms. The molecule has 0 bridgehead atoms. The number of rotatable bonds is 4. The van der Waals surface area contributed by atoms with E-state index < -0.39 is 30.6 Å². The van der Waals surface area contributed by atoms with E-state index >= 15 is 0 Å². The minimum Gasteiger partial charge on any atom is -0.497 e. The molecule has 0 aliphatic carbocycles. The maximum absolute atomic E-state index is 12.5. The topological polar surface area (TPSA) is 104 Å². The number of H-pyrrole nitrogens is 1. The third-order valence-electron chi connectivity index (χ3n) is 4.34. The summed E-state index contributed by atoms with van der Waals surface area (Å²) in [5, 5.41) is 23.5. The van der Waals surface area contributed by atoms with Gasteiger partial charge in [0, 0.05) is 23.1 Å². The van der Waals surface area contributed by atoms with Gasteiger partial charge in [-0.05, 0) is 30.2 Å². The Morgan fingerprint density at radius 3 is 2.73 bits per heavy atom. The predicted molar refractivity (Wildman–Crippen MR) is 83.5 cm³/mol. The van der Waals surface area contributed by atoms with Gasteiger partial charge in [0.25, 0.3) is 5.79 Å². The maximum atomic E-state index is 12.5. The van der Waals surface area contributed by atoms with E-state index in [0.29, 0.717) is 29.9 Å². The number of methoxy groups -OCH3 is 1. The molecule has 0 unspecified atom stereocenters. The molecular weight excluding hydrogens is 357 g/mol. The van der Waals surface area contributed by atoms with Gasteiger partial charge in [0.15, 0.2) is 0 Å². The summed E-state index contributed by atoms with van der Waals surface area (Å²) < 4.78 is 47.0. The highest BCUT2D eigenvalue weighted by atomic mass is 19.4. The Morgan fingerprint density at radius 2 is 2.12 bits per heavy atom. The van der Waals surface area contributed by atoms with Gasteiger partial charge in [0.05, 0.1) is 7.11 Å². The van der Waals surface area contributed by atoms with Crippen molar-refractivity contribution in [1.29, 1.82) is 0 Å². The smallest absolute Gasteiger partial charge is 0.491 e. The highest BCUT2D eigenvalue weighted by Gasteiger charge is 2.51. The molecule has 0 saturated carbocycles. The zero-order chi connectivity index (χ0) is 19.1. The number of hydrogen-bond donors (Lipinski definition) is 4. The fourth-order valence-electron chi connectivity index (χ4n) is 3.12. The van der Waals surface area contributed by atoms with Crippen LogP contribution in [-0.4, -0.2) is 53.4 Å². The average molecular weight is 374 g/mol. The summed E-state index contributed by atoms with van der Waals surface area (Å²) in [6.07, 6.45) is -4.78. The second kappa shape index (κ2) is 6.45. The Kier molecular flexibility index (Phi) is 4.59. The van der Waals surface area contributed by atoms with Crippen LogP contribution < -0.4 is 10.1 Å². The molecule has 2 atom stereocenters. The van der Waals surface area contributed by atoms with Crippen LogP contribution in [-0.2, 0) is 16.0 Å². The van der Waals surface area contributed by atoms with Crippen molar-refractivity contribution in [1.82, 2.24) is 10.3 Å². The van der Waals surface area contributed by atoms with Crippen molar-refractivity contribution in [3.8, 4) is 5.75 Å². The lowest BCUT2D eigenvalue weighted by molar-refractivity contribution is -0.266. The van der Waals surface area contributed by atoms with Gasteiger partial charge in [-0.15, -0.1) is 0 Å². The summed E-state index contributed by atoms with van der Waals surface area (Å²) in [5.74, 6) is -4.77. The normalized spacial score (nSPS) is 19.7. The van der Waals surface area contributed by atoms with Gasteiger partial charge in [-0.3, -0.25) is 0 Å². The molecule has 1 aliphatic rings. The Balaban J connectivity index is 2.03. The second-order valence-corrected chi connectivity index (χ2v) is 5.96. The first kappa shape index (κ1) is 18.5. The third-order valence-corrected chi connectivity index (χ3v) is 4.34. The number of ether oxygens (including phenoxy) is 2. The van der Waals surface area contributed by atoms with E-state index in [1.807, 2.05) is 0 Å². The number of esters is 1. The Morgan fingerprint density at radius 1 is 1.38 bits per heavy atom. The van der Waals surface area contributed by atoms with Gasteiger partial charge in [-0.25, -0.2) is 4.79 Å². The van der Waals surface area contributed by atoms with Crippen LogP contribution in [0.2, 0.25) is 0 Å². The Labute approximate surface area is 145 Å². The van der Waals surface area contributed by atoms with Crippen molar-refractivity contribution in [2.45, 2.75) is 24.4 Å². The summed E-state index contributed by atoms with van der Waals surface area (Å²) in [6, 6.07) is 3.92. The number of aliphatic hydroxyl groups is 2. The molecule has 0 amide bonds. The lowest BCUT2D eigenvalue weighted by atomic mass is 9.94. The highest BCUT2D eigenvalue weighted by Crippen LogP contribution is 2.38. The second-order valence-electron chi connectivity index (χ2n) is 5.96. The molecule has 1 aliphatic heterocycles. The van der Waals surface area contributed by atoms with Crippen molar-refractivity contribution in [3.05, 3.63) is 29.5 Å². The molecule has 2 heterocycles. The van der Waals surface area contributed by atoms with E-state index in [2.05, 4.69) is 15.0 Å². The first-order chi connectivity index (χ1) is 12.2. The lowest BCUT2D eigenvalue weighted by Crippen LogP contribution is -2.53. The minimum atomic E-state index is -5.30.